The molecule has 0 atom stereocenters. The lowest BCUT2D eigenvalue weighted by atomic mass is 10.2. The van der Waals surface area contributed by atoms with Crippen LogP contribution in [0, 0.1) is 0 Å². The minimum Gasteiger partial charge on any atom is -0.348 e. The van der Waals surface area contributed by atoms with E-state index in [1.807, 2.05) is 37.3 Å². The number of hydrogen-bond donors (Lipinski definition) is 0. The molecular formula is C16H25N3O2. The summed E-state index contributed by atoms with van der Waals surface area (Å²) in [5.74, 6) is 0.0341. The Labute approximate surface area is 127 Å². The molecule has 0 saturated heterocycles. The number of benzene rings is 1. The van der Waals surface area contributed by atoms with Gasteiger partial charge in [-0.05, 0) is 19.5 Å². The van der Waals surface area contributed by atoms with Gasteiger partial charge in [-0.2, -0.15) is 0 Å². The fourth-order valence-electron chi connectivity index (χ4n) is 1.94. The van der Waals surface area contributed by atoms with Gasteiger partial charge in [-0.15, -0.1) is 0 Å². The molecule has 0 aliphatic heterocycles. The predicted octanol–water partition coefficient (Wildman–Crippen LogP) is 1.06. The fraction of sp³-hybridized carbons (Fsp3) is 0.500. The Morgan fingerprint density at radius 3 is 2.05 bits per heavy atom. The zero-order chi connectivity index (χ0) is 15.8. The fourth-order valence-corrected chi connectivity index (χ4v) is 1.94. The average molecular weight is 291 g/mol. The molecule has 1 rings (SSSR count). The van der Waals surface area contributed by atoms with E-state index in [0.717, 1.165) is 5.56 Å². The van der Waals surface area contributed by atoms with Crippen LogP contribution in [0.25, 0.3) is 0 Å². The van der Waals surface area contributed by atoms with Crippen molar-refractivity contribution in [3.63, 3.8) is 0 Å². The summed E-state index contributed by atoms with van der Waals surface area (Å²) in [6, 6.07) is 9.91. The van der Waals surface area contributed by atoms with Gasteiger partial charge in [0.2, 0.25) is 11.8 Å². The van der Waals surface area contributed by atoms with E-state index in [2.05, 4.69) is 0 Å². The Bertz CT molecular complexity index is 460. The number of hydrogen-bond acceptors (Lipinski definition) is 3. The van der Waals surface area contributed by atoms with Crippen LogP contribution in [0.1, 0.15) is 12.5 Å². The topological polar surface area (TPSA) is 43.9 Å². The van der Waals surface area contributed by atoms with Crippen LogP contribution in [-0.4, -0.2) is 67.3 Å². The van der Waals surface area contributed by atoms with Crippen LogP contribution in [0.2, 0.25) is 0 Å². The second-order valence-corrected chi connectivity index (χ2v) is 5.35. The second kappa shape index (κ2) is 8.42. The molecule has 5 nitrogen and oxygen atoms in total. The third kappa shape index (κ3) is 5.95. The minimum absolute atomic E-state index is 0.00333. The van der Waals surface area contributed by atoms with Gasteiger partial charge in [0.15, 0.2) is 0 Å². The van der Waals surface area contributed by atoms with E-state index in [-0.39, 0.29) is 24.9 Å². The first-order valence-corrected chi connectivity index (χ1v) is 7.14. The average Bonchev–Trinajstić information content (AvgIpc) is 2.45. The molecule has 0 bridgehead atoms. The number of carbonyl (C=O) groups is 2. The summed E-state index contributed by atoms with van der Waals surface area (Å²) in [7, 11) is 5.22. The van der Waals surface area contributed by atoms with Gasteiger partial charge in [0.05, 0.1) is 13.1 Å². The van der Waals surface area contributed by atoms with Crippen LogP contribution in [-0.2, 0) is 16.1 Å². The molecule has 0 radical (unpaired) electrons. The molecule has 1 aromatic rings. The normalized spacial score (nSPS) is 10.5. The highest BCUT2D eigenvalue weighted by atomic mass is 16.2. The summed E-state index contributed by atoms with van der Waals surface area (Å²) in [6.07, 6.45) is 0. The summed E-state index contributed by atoms with van der Waals surface area (Å²) in [4.78, 5) is 29.0. The lowest BCUT2D eigenvalue weighted by molar-refractivity contribution is -0.134. The van der Waals surface area contributed by atoms with Crippen LogP contribution in [0.15, 0.2) is 30.3 Å². The van der Waals surface area contributed by atoms with Crippen molar-refractivity contribution in [1.29, 1.82) is 0 Å². The lowest BCUT2D eigenvalue weighted by Crippen LogP contribution is -2.42. The molecule has 0 saturated carbocycles. The first-order chi connectivity index (χ1) is 9.93. The van der Waals surface area contributed by atoms with E-state index in [1.165, 1.54) is 4.90 Å². The Balaban J connectivity index is 2.53. The van der Waals surface area contributed by atoms with E-state index < -0.39 is 0 Å². The van der Waals surface area contributed by atoms with Crippen LogP contribution in [0.5, 0.6) is 0 Å². The smallest absolute Gasteiger partial charge is 0.237 e. The first kappa shape index (κ1) is 17.2. The maximum absolute atomic E-state index is 12.3. The predicted molar refractivity (Wildman–Crippen MR) is 83.7 cm³/mol. The van der Waals surface area contributed by atoms with Crippen molar-refractivity contribution >= 4 is 11.8 Å². The van der Waals surface area contributed by atoms with Crippen molar-refractivity contribution < 1.29 is 9.59 Å². The van der Waals surface area contributed by atoms with Gasteiger partial charge in [-0.25, -0.2) is 0 Å². The third-order valence-electron chi connectivity index (χ3n) is 3.26. The molecule has 5 heteroatoms. The quantitative estimate of drug-likeness (QED) is 0.754. The van der Waals surface area contributed by atoms with Crippen molar-refractivity contribution in [2.24, 2.45) is 0 Å². The Hall–Kier alpha value is -1.88. The molecule has 0 aliphatic carbocycles. The number of amides is 2. The summed E-state index contributed by atoms with van der Waals surface area (Å²) in [5.41, 5.74) is 1.11. The maximum Gasteiger partial charge on any atom is 0.237 e. The number of rotatable bonds is 7. The van der Waals surface area contributed by atoms with E-state index in [4.69, 9.17) is 0 Å². The number of likely N-dealkylation sites (N-methyl/N-ethyl adjacent to an activating group) is 3. The van der Waals surface area contributed by atoms with Gasteiger partial charge in [0.25, 0.3) is 0 Å². The molecule has 0 heterocycles. The Morgan fingerprint density at radius 1 is 0.952 bits per heavy atom. The molecule has 2 amide bonds. The van der Waals surface area contributed by atoms with Gasteiger partial charge < -0.3 is 9.80 Å². The summed E-state index contributed by atoms with van der Waals surface area (Å²) in [6.45, 7) is 3.72. The highest BCUT2D eigenvalue weighted by Gasteiger charge is 2.16. The molecule has 0 aliphatic rings. The van der Waals surface area contributed by atoms with E-state index >= 15 is 0 Å². The number of carbonyl (C=O) groups excluding carboxylic acids is 2. The maximum atomic E-state index is 12.3. The van der Waals surface area contributed by atoms with E-state index in [1.54, 1.807) is 30.9 Å². The Kier molecular flexibility index (Phi) is 6.88. The summed E-state index contributed by atoms with van der Waals surface area (Å²) in [5, 5.41) is 0. The van der Waals surface area contributed by atoms with E-state index in [9.17, 15) is 9.59 Å². The Morgan fingerprint density at radius 2 is 1.52 bits per heavy atom. The molecule has 0 fully saturated rings. The molecule has 0 N–H and O–H groups in total. The van der Waals surface area contributed by atoms with Gasteiger partial charge in [-0.1, -0.05) is 30.3 Å². The number of nitrogens with zero attached hydrogens (tertiary/aromatic N) is 3. The van der Waals surface area contributed by atoms with Gasteiger partial charge in [0, 0.05) is 27.2 Å². The zero-order valence-electron chi connectivity index (χ0n) is 13.4. The monoisotopic (exact) mass is 291 g/mol. The highest BCUT2D eigenvalue weighted by Crippen LogP contribution is 2.05. The van der Waals surface area contributed by atoms with Crippen LogP contribution >= 0.6 is 0 Å². The summed E-state index contributed by atoms with van der Waals surface area (Å²) >= 11 is 0. The molecule has 116 valence electrons. The minimum atomic E-state index is -0.00333. The highest BCUT2D eigenvalue weighted by molar-refractivity contribution is 5.81. The van der Waals surface area contributed by atoms with Gasteiger partial charge >= 0.3 is 0 Å². The van der Waals surface area contributed by atoms with Crippen LogP contribution in [0.4, 0.5) is 0 Å². The van der Waals surface area contributed by atoms with Crippen molar-refractivity contribution in [1.82, 2.24) is 14.7 Å². The molecule has 0 aromatic heterocycles. The second-order valence-electron chi connectivity index (χ2n) is 5.35. The van der Waals surface area contributed by atoms with Crippen molar-refractivity contribution in [2.75, 3.05) is 40.8 Å². The molecule has 0 spiro atoms. The van der Waals surface area contributed by atoms with E-state index in [0.29, 0.717) is 13.1 Å². The van der Waals surface area contributed by atoms with Gasteiger partial charge in [0.1, 0.15) is 0 Å². The van der Waals surface area contributed by atoms with Crippen molar-refractivity contribution in [3.8, 4) is 0 Å². The zero-order valence-corrected chi connectivity index (χ0v) is 13.4. The third-order valence-corrected chi connectivity index (χ3v) is 3.26. The molecule has 0 unspecified atom stereocenters. The molecule has 21 heavy (non-hydrogen) atoms. The lowest BCUT2D eigenvalue weighted by Gasteiger charge is -2.25. The van der Waals surface area contributed by atoms with Gasteiger partial charge in [-0.3, -0.25) is 14.5 Å². The SMILES string of the molecule is CCN(Cc1ccccc1)C(=O)CN(C)CC(=O)N(C)C. The van der Waals surface area contributed by atoms with Crippen LogP contribution in [0.3, 0.4) is 0 Å². The summed E-state index contributed by atoms with van der Waals surface area (Å²) < 4.78 is 0. The van der Waals surface area contributed by atoms with Crippen molar-refractivity contribution in [3.05, 3.63) is 35.9 Å². The molecule has 1 aromatic carbocycles. The largest absolute Gasteiger partial charge is 0.348 e. The van der Waals surface area contributed by atoms with Crippen molar-refractivity contribution in [2.45, 2.75) is 13.5 Å². The first-order valence-electron chi connectivity index (χ1n) is 7.14. The standard InChI is InChI=1S/C16H25N3O2/c1-5-19(11-14-9-7-6-8-10-14)16(21)13-18(4)12-15(20)17(2)3/h6-10H,5,11-13H2,1-4H3. The molecular weight excluding hydrogens is 266 g/mol. The van der Waals surface area contributed by atoms with Crippen LogP contribution < -0.4 is 0 Å².